The van der Waals surface area contributed by atoms with Crippen molar-refractivity contribution in [3.8, 4) is 22.8 Å². The van der Waals surface area contributed by atoms with Crippen molar-refractivity contribution in [1.29, 1.82) is 0 Å². The van der Waals surface area contributed by atoms with Crippen molar-refractivity contribution in [2.45, 2.75) is 25.8 Å². The molecule has 154 valence electrons. The molecule has 1 amide bonds. The van der Waals surface area contributed by atoms with Crippen LogP contribution in [0.1, 0.15) is 19.4 Å². The van der Waals surface area contributed by atoms with Crippen LogP contribution in [0.5, 0.6) is 0 Å². The highest BCUT2D eigenvalue weighted by Crippen LogP contribution is 2.42. The number of anilines is 2. The molecule has 0 saturated carbocycles. The van der Waals surface area contributed by atoms with Crippen molar-refractivity contribution in [2.75, 3.05) is 30.9 Å². The van der Waals surface area contributed by atoms with Crippen molar-refractivity contribution in [3.63, 3.8) is 0 Å². The molecule has 0 aliphatic carbocycles. The highest BCUT2D eigenvalue weighted by molar-refractivity contribution is 6.07. The third-order valence-electron chi connectivity index (χ3n) is 5.57. The molecule has 0 atom stereocenters. The van der Waals surface area contributed by atoms with Crippen LogP contribution in [-0.4, -0.2) is 46.8 Å². The van der Waals surface area contributed by atoms with E-state index in [0.29, 0.717) is 12.4 Å². The minimum Gasteiger partial charge on any atom is -0.363 e. The van der Waals surface area contributed by atoms with E-state index in [9.17, 15) is 4.79 Å². The monoisotopic (exact) mass is 402 g/mol. The number of hydrogen-bond donors (Lipinski definition) is 0. The zero-order valence-corrected chi connectivity index (χ0v) is 18.0. The lowest BCUT2D eigenvalue weighted by Crippen LogP contribution is -2.33. The molecule has 30 heavy (non-hydrogen) atoms. The van der Waals surface area contributed by atoms with Crippen LogP contribution in [0, 0.1) is 0 Å². The second kappa shape index (κ2) is 7.09. The Balaban J connectivity index is 1.79. The number of nitrogens with zero attached hydrogens (tertiary/aromatic N) is 6. The second-order valence-corrected chi connectivity index (χ2v) is 8.25. The molecule has 7 nitrogen and oxygen atoms in total. The summed E-state index contributed by atoms with van der Waals surface area (Å²) in [6, 6.07) is 9.95. The van der Waals surface area contributed by atoms with E-state index >= 15 is 0 Å². The van der Waals surface area contributed by atoms with Crippen LogP contribution in [0.25, 0.3) is 22.8 Å². The van der Waals surface area contributed by atoms with Gasteiger partial charge in [0.1, 0.15) is 5.82 Å². The number of allylic oxidation sites excluding steroid dienone is 1. The van der Waals surface area contributed by atoms with Gasteiger partial charge in [0.2, 0.25) is 5.91 Å². The van der Waals surface area contributed by atoms with Crippen molar-refractivity contribution >= 4 is 17.4 Å². The quantitative estimate of drug-likeness (QED) is 0.611. The van der Waals surface area contributed by atoms with Gasteiger partial charge in [0.15, 0.2) is 11.6 Å². The standard InChI is InChI=1S/C23H26N6O/c1-7-12-29-21(25-20(26-29)16-9-11-19(24-14-16)27(4)5)15-8-10-18-17(13-15)23(2,3)22(30)28(18)6/h7-11,13-14H,1,12H2,2-6H3. The summed E-state index contributed by atoms with van der Waals surface area (Å²) < 4.78 is 1.83. The van der Waals surface area contributed by atoms with E-state index in [1.54, 1.807) is 17.2 Å². The Morgan fingerprint density at radius 2 is 1.90 bits per heavy atom. The number of hydrogen-bond acceptors (Lipinski definition) is 5. The molecule has 7 heteroatoms. The molecule has 0 N–H and O–H groups in total. The van der Waals surface area contributed by atoms with Crippen molar-refractivity contribution in [3.05, 3.63) is 54.7 Å². The van der Waals surface area contributed by atoms with Gasteiger partial charge in [-0.3, -0.25) is 4.79 Å². The highest BCUT2D eigenvalue weighted by atomic mass is 16.2. The molecular formula is C23H26N6O. The van der Waals surface area contributed by atoms with E-state index in [0.717, 1.165) is 34.0 Å². The number of likely N-dealkylation sites (N-methyl/N-ethyl adjacent to an activating group) is 1. The average molecular weight is 403 g/mol. The first-order valence-corrected chi connectivity index (χ1v) is 9.86. The summed E-state index contributed by atoms with van der Waals surface area (Å²) >= 11 is 0. The zero-order valence-electron chi connectivity index (χ0n) is 18.0. The number of fused-ring (bicyclic) bond motifs is 1. The molecule has 4 rings (SSSR count). The fourth-order valence-corrected chi connectivity index (χ4v) is 3.82. The molecule has 3 heterocycles. The largest absolute Gasteiger partial charge is 0.363 e. The van der Waals surface area contributed by atoms with Crippen molar-refractivity contribution < 1.29 is 4.79 Å². The molecule has 1 aliphatic rings. The average Bonchev–Trinajstić information content (AvgIpc) is 3.22. The van der Waals surface area contributed by atoms with Gasteiger partial charge < -0.3 is 9.80 Å². The maximum Gasteiger partial charge on any atom is 0.236 e. The second-order valence-electron chi connectivity index (χ2n) is 8.25. The van der Waals surface area contributed by atoms with Gasteiger partial charge >= 0.3 is 0 Å². The van der Waals surface area contributed by atoms with Gasteiger partial charge in [-0.05, 0) is 49.7 Å². The summed E-state index contributed by atoms with van der Waals surface area (Å²) in [6.45, 7) is 8.29. The predicted octanol–water partition coefficient (Wildman–Crippen LogP) is 3.51. The van der Waals surface area contributed by atoms with E-state index in [4.69, 9.17) is 4.98 Å². The molecule has 1 aliphatic heterocycles. The number of rotatable bonds is 5. The van der Waals surface area contributed by atoms with Crippen LogP contribution in [0.4, 0.5) is 11.5 Å². The molecular weight excluding hydrogens is 376 g/mol. The maximum atomic E-state index is 12.6. The van der Waals surface area contributed by atoms with E-state index < -0.39 is 5.41 Å². The Bertz CT molecular complexity index is 1130. The van der Waals surface area contributed by atoms with Crippen molar-refractivity contribution in [1.82, 2.24) is 19.7 Å². The third kappa shape index (κ3) is 3.07. The van der Waals surface area contributed by atoms with Gasteiger partial charge in [0, 0.05) is 44.2 Å². The van der Waals surface area contributed by atoms with E-state index in [-0.39, 0.29) is 5.91 Å². The molecule has 0 saturated heterocycles. The Morgan fingerprint density at radius 3 is 2.53 bits per heavy atom. The van der Waals surface area contributed by atoms with Crippen LogP contribution in [0.3, 0.4) is 0 Å². The van der Waals surface area contributed by atoms with Crippen LogP contribution in [0.15, 0.2) is 49.2 Å². The highest BCUT2D eigenvalue weighted by Gasteiger charge is 2.42. The topological polar surface area (TPSA) is 67.2 Å². The number of benzene rings is 1. The predicted molar refractivity (Wildman–Crippen MR) is 120 cm³/mol. The first-order chi connectivity index (χ1) is 14.2. The first kappa shape index (κ1) is 19.8. The number of aromatic nitrogens is 4. The smallest absolute Gasteiger partial charge is 0.236 e. The molecule has 0 radical (unpaired) electrons. The normalized spacial score (nSPS) is 14.7. The Morgan fingerprint density at radius 1 is 1.17 bits per heavy atom. The van der Waals surface area contributed by atoms with E-state index in [1.807, 2.05) is 68.8 Å². The Hall–Kier alpha value is -3.48. The molecule has 0 fully saturated rings. The fraction of sp³-hybridized carbons (Fsp3) is 0.304. The summed E-state index contributed by atoms with van der Waals surface area (Å²) in [5.41, 5.74) is 3.13. The summed E-state index contributed by atoms with van der Waals surface area (Å²) in [4.78, 5) is 25.6. The fourth-order valence-electron chi connectivity index (χ4n) is 3.82. The number of amides is 1. The van der Waals surface area contributed by atoms with Gasteiger partial charge in [-0.25, -0.2) is 14.6 Å². The Labute approximate surface area is 176 Å². The third-order valence-corrected chi connectivity index (χ3v) is 5.57. The lowest BCUT2D eigenvalue weighted by Gasteiger charge is -2.16. The Kier molecular flexibility index (Phi) is 4.68. The molecule has 0 spiro atoms. The van der Waals surface area contributed by atoms with Crippen molar-refractivity contribution in [2.24, 2.45) is 0 Å². The van der Waals surface area contributed by atoms with Gasteiger partial charge in [-0.1, -0.05) is 6.08 Å². The van der Waals surface area contributed by atoms with Gasteiger partial charge in [-0.15, -0.1) is 6.58 Å². The zero-order chi connectivity index (χ0) is 21.6. The minimum absolute atomic E-state index is 0.0925. The molecule has 2 aromatic heterocycles. The van der Waals surface area contributed by atoms with Crippen LogP contribution in [0.2, 0.25) is 0 Å². The maximum absolute atomic E-state index is 12.6. The van der Waals surface area contributed by atoms with Crippen LogP contribution in [-0.2, 0) is 16.8 Å². The number of carbonyl (C=O) groups is 1. The first-order valence-electron chi connectivity index (χ1n) is 9.86. The number of pyridine rings is 1. The lowest BCUT2D eigenvalue weighted by molar-refractivity contribution is -0.121. The van der Waals surface area contributed by atoms with Crippen LogP contribution < -0.4 is 9.80 Å². The SMILES string of the molecule is C=CCn1nc(-c2ccc(N(C)C)nc2)nc1-c1ccc2c(c1)C(C)(C)C(=O)N2C. The molecule has 1 aromatic carbocycles. The number of carbonyl (C=O) groups excluding carboxylic acids is 1. The van der Waals surface area contributed by atoms with Gasteiger partial charge in [0.05, 0.1) is 12.0 Å². The lowest BCUT2D eigenvalue weighted by atomic mass is 9.85. The molecule has 3 aromatic rings. The van der Waals surface area contributed by atoms with Gasteiger partial charge in [0.25, 0.3) is 0 Å². The van der Waals surface area contributed by atoms with Crippen LogP contribution >= 0.6 is 0 Å². The molecule has 0 bridgehead atoms. The van der Waals surface area contributed by atoms with Gasteiger partial charge in [-0.2, -0.15) is 5.10 Å². The summed E-state index contributed by atoms with van der Waals surface area (Å²) in [6.07, 6.45) is 3.58. The minimum atomic E-state index is -0.571. The summed E-state index contributed by atoms with van der Waals surface area (Å²) in [7, 11) is 5.72. The summed E-state index contributed by atoms with van der Waals surface area (Å²) in [5.74, 6) is 2.31. The van der Waals surface area contributed by atoms with E-state index in [2.05, 4.69) is 22.7 Å². The summed E-state index contributed by atoms with van der Waals surface area (Å²) in [5, 5.41) is 4.68. The molecule has 0 unspecified atom stereocenters. The van der Waals surface area contributed by atoms with E-state index in [1.165, 1.54) is 0 Å².